The van der Waals surface area contributed by atoms with Crippen molar-refractivity contribution in [3.8, 4) is 11.5 Å². The topological polar surface area (TPSA) is 88.6 Å². The summed E-state index contributed by atoms with van der Waals surface area (Å²) in [5, 5.41) is 9.60. The maximum atomic E-state index is 12.4. The Morgan fingerprint density at radius 2 is 1.62 bits per heavy atom. The van der Waals surface area contributed by atoms with E-state index in [0.29, 0.717) is 31.2 Å². The summed E-state index contributed by atoms with van der Waals surface area (Å²) in [6.45, 7) is 4.15. The third kappa shape index (κ3) is 5.43. The van der Waals surface area contributed by atoms with E-state index in [-0.39, 0.29) is 5.91 Å². The molecular formula is C27H27N3O4. The van der Waals surface area contributed by atoms with Crippen molar-refractivity contribution in [1.82, 2.24) is 14.5 Å². The lowest BCUT2D eigenvalue weighted by atomic mass is 10.0. The second kappa shape index (κ2) is 10.2. The first kappa shape index (κ1) is 23.0. The Morgan fingerprint density at radius 3 is 2.24 bits per heavy atom. The van der Waals surface area contributed by atoms with Crippen LogP contribution in [0.4, 0.5) is 0 Å². The van der Waals surface area contributed by atoms with Gasteiger partial charge >= 0.3 is 5.97 Å². The molecule has 0 aliphatic carbocycles. The van der Waals surface area contributed by atoms with Crippen molar-refractivity contribution in [1.29, 1.82) is 0 Å². The van der Waals surface area contributed by atoms with E-state index in [1.165, 1.54) is 6.92 Å². The number of aryl methyl sites for hydroxylation is 1. The normalized spacial score (nSPS) is 11.8. The predicted molar refractivity (Wildman–Crippen MR) is 128 cm³/mol. The molecule has 4 aromatic rings. The zero-order valence-corrected chi connectivity index (χ0v) is 19.2. The van der Waals surface area contributed by atoms with Crippen LogP contribution < -0.4 is 0 Å². The first-order chi connectivity index (χ1) is 16.4. The van der Waals surface area contributed by atoms with Gasteiger partial charge in [0.15, 0.2) is 0 Å². The molecule has 0 fully saturated rings. The minimum atomic E-state index is -0.874. The number of carboxylic acids is 1. The van der Waals surface area contributed by atoms with Crippen LogP contribution >= 0.6 is 0 Å². The Kier molecular flexibility index (Phi) is 6.92. The van der Waals surface area contributed by atoms with Crippen molar-refractivity contribution in [3.63, 3.8) is 0 Å². The molecule has 1 atom stereocenters. The van der Waals surface area contributed by atoms with Gasteiger partial charge in [-0.15, -0.1) is 0 Å². The van der Waals surface area contributed by atoms with Crippen LogP contribution in [0.15, 0.2) is 83.5 Å². The summed E-state index contributed by atoms with van der Waals surface area (Å²) in [5.41, 5.74) is 3.48. The molecule has 7 nitrogen and oxygen atoms in total. The molecule has 0 saturated heterocycles. The van der Waals surface area contributed by atoms with Crippen molar-refractivity contribution in [2.24, 2.45) is 0 Å². The highest BCUT2D eigenvalue weighted by molar-refractivity contribution is 5.73. The van der Waals surface area contributed by atoms with Crippen LogP contribution in [-0.4, -0.2) is 31.4 Å². The van der Waals surface area contributed by atoms with Crippen molar-refractivity contribution in [2.45, 2.75) is 39.4 Å². The number of amides is 1. The van der Waals surface area contributed by atoms with E-state index < -0.39 is 12.0 Å². The molecule has 0 aliphatic rings. The fourth-order valence-corrected chi connectivity index (χ4v) is 3.84. The van der Waals surface area contributed by atoms with E-state index >= 15 is 0 Å². The largest absolute Gasteiger partial charge is 0.480 e. The molecule has 174 valence electrons. The molecule has 0 unspecified atom stereocenters. The van der Waals surface area contributed by atoms with Gasteiger partial charge in [0.05, 0.1) is 6.54 Å². The number of hydrogen-bond acceptors (Lipinski definition) is 4. The summed E-state index contributed by atoms with van der Waals surface area (Å²) < 4.78 is 7.53. The summed E-state index contributed by atoms with van der Waals surface area (Å²) in [6, 6.07) is 20.3. The van der Waals surface area contributed by atoms with Crippen LogP contribution in [0.2, 0.25) is 0 Å². The summed E-state index contributed by atoms with van der Waals surface area (Å²) in [4.78, 5) is 30.4. The Hall–Kier alpha value is -4.13. The zero-order valence-electron chi connectivity index (χ0n) is 19.2. The van der Waals surface area contributed by atoms with Gasteiger partial charge < -0.3 is 19.0 Å². The Morgan fingerprint density at radius 1 is 0.971 bits per heavy atom. The average Bonchev–Trinajstić information content (AvgIpc) is 3.48. The third-order valence-corrected chi connectivity index (χ3v) is 5.80. The summed E-state index contributed by atoms with van der Waals surface area (Å²) in [6.07, 6.45) is 3.89. The minimum absolute atomic E-state index is 0.0636. The van der Waals surface area contributed by atoms with E-state index in [2.05, 4.69) is 4.98 Å². The lowest BCUT2D eigenvalue weighted by Crippen LogP contribution is -2.28. The SMILES string of the molecule is CC(=O)N(Cc1ccc(C[C@@H](C(=O)O)n2cccc2)cc1)Cc1nc(-c2ccccc2)oc1C. The average molecular weight is 458 g/mol. The van der Waals surface area contributed by atoms with Crippen LogP contribution in [0.1, 0.15) is 35.5 Å². The lowest BCUT2D eigenvalue weighted by Gasteiger charge is -2.21. The van der Waals surface area contributed by atoms with Gasteiger partial charge in [0.1, 0.15) is 17.5 Å². The maximum Gasteiger partial charge on any atom is 0.327 e. The molecule has 0 bridgehead atoms. The van der Waals surface area contributed by atoms with Gasteiger partial charge in [-0.25, -0.2) is 9.78 Å². The van der Waals surface area contributed by atoms with Gasteiger partial charge in [0, 0.05) is 37.8 Å². The highest BCUT2D eigenvalue weighted by Gasteiger charge is 2.20. The summed E-state index contributed by atoms with van der Waals surface area (Å²) in [7, 11) is 0. The van der Waals surface area contributed by atoms with Crippen LogP contribution in [0.25, 0.3) is 11.5 Å². The first-order valence-corrected chi connectivity index (χ1v) is 11.1. The van der Waals surface area contributed by atoms with Crippen molar-refractivity contribution >= 4 is 11.9 Å². The standard InChI is InChI=1S/C27H27N3O4/c1-19-24(28-26(34-19)23-8-4-3-5-9-23)18-30(20(2)31)17-22-12-10-21(11-13-22)16-25(27(32)33)29-14-6-7-15-29/h3-15,25H,16-18H2,1-2H3,(H,32,33)/t25-/m0/s1. The molecular weight excluding hydrogens is 430 g/mol. The number of carbonyl (C=O) groups excluding carboxylic acids is 1. The number of aromatic nitrogens is 2. The van der Waals surface area contributed by atoms with Gasteiger partial charge in [-0.1, -0.05) is 42.5 Å². The summed E-state index contributed by atoms with van der Waals surface area (Å²) in [5.74, 6) is 0.286. The molecule has 1 amide bonds. The van der Waals surface area contributed by atoms with Crippen LogP contribution in [0.5, 0.6) is 0 Å². The van der Waals surface area contributed by atoms with Crippen LogP contribution in [0, 0.1) is 6.92 Å². The van der Waals surface area contributed by atoms with Crippen molar-refractivity contribution in [2.75, 3.05) is 0 Å². The van der Waals surface area contributed by atoms with E-state index in [4.69, 9.17) is 4.42 Å². The number of rotatable bonds is 9. The van der Waals surface area contributed by atoms with Crippen molar-refractivity contribution in [3.05, 3.63) is 102 Å². The zero-order chi connectivity index (χ0) is 24.1. The number of nitrogens with zero attached hydrogens (tertiary/aromatic N) is 3. The molecule has 2 heterocycles. The van der Waals surface area contributed by atoms with Crippen molar-refractivity contribution < 1.29 is 19.1 Å². The second-order valence-electron chi connectivity index (χ2n) is 8.27. The molecule has 0 saturated carbocycles. The minimum Gasteiger partial charge on any atom is -0.480 e. The molecule has 1 N–H and O–H groups in total. The van der Waals surface area contributed by atoms with E-state index in [1.807, 2.05) is 73.7 Å². The fraction of sp³-hybridized carbons (Fsp3) is 0.222. The third-order valence-electron chi connectivity index (χ3n) is 5.80. The van der Waals surface area contributed by atoms with E-state index in [1.54, 1.807) is 21.9 Å². The number of hydrogen-bond donors (Lipinski definition) is 1. The molecule has 34 heavy (non-hydrogen) atoms. The van der Waals surface area contributed by atoms with Gasteiger partial charge in [0.2, 0.25) is 11.8 Å². The monoisotopic (exact) mass is 457 g/mol. The first-order valence-electron chi connectivity index (χ1n) is 11.1. The molecule has 0 spiro atoms. The van der Waals surface area contributed by atoms with Gasteiger partial charge in [0.25, 0.3) is 0 Å². The highest BCUT2D eigenvalue weighted by Crippen LogP contribution is 2.23. The van der Waals surface area contributed by atoms with E-state index in [9.17, 15) is 14.7 Å². The molecule has 7 heteroatoms. The quantitative estimate of drug-likeness (QED) is 0.387. The number of aliphatic carboxylic acids is 1. The lowest BCUT2D eigenvalue weighted by molar-refractivity contribution is -0.140. The fourth-order valence-electron chi connectivity index (χ4n) is 3.84. The Labute approximate surface area is 198 Å². The maximum absolute atomic E-state index is 12.4. The molecule has 2 aromatic heterocycles. The smallest absolute Gasteiger partial charge is 0.327 e. The number of benzene rings is 2. The van der Waals surface area contributed by atoms with Gasteiger partial charge in [-0.2, -0.15) is 0 Å². The van der Waals surface area contributed by atoms with Gasteiger partial charge in [-0.05, 0) is 42.3 Å². The van der Waals surface area contributed by atoms with Crippen LogP contribution in [0.3, 0.4) is 0 Å². The Bertz CT molecular complexity index is 1250. The van der Waals surface area contributed by atoms with Crippen LogP contribution in [-0.2, 0) is 29.1 Å². The molecule has 2 aromatic carbocycles. The molecule has 0 aliphatic heterocycles. The second-order valence-corrected chi connectivity index (χ2v) is 8.27. The number of carbonyl (C=O) groups is 2. The molecule has 0 radical (unpaired) electrons. The Balaban J connectivity index is 1.45. The number of carboxylic acid groups (broad SMARTS) is 1. The molecule has 4 rings (SSSR count). The van der Waals surface area contributed by atoms with E-state index in [0.717, 1.165) is 22.4 Å². The van der Waals surface area contributed by atoms with Gasteiger partial charge in [-0.3, -0.25) is 4.79 Å². The number of oxazole rings is 1. The predicted octanol–water partition coefficient (Wildman–Crippen LogP) is 4.87. The highest BCUT2D eigenvalue weighted by atomic mass is 16.4. The summed E-state index contributed by atoms with van der Waals surface area (Å²) >= 11 is 0.